The van der Waals surface area contributed by atoms with Crippen LogP contribution in [0.3, 0.4) is 0 Å². The standard InChI is InChI=1S/C35H30O17/c36-20-7-1-17(13-23(20)39)4-10-27(42)48-16-26-30-31(49-28(43)11-5-18-2-8-21(37)24(40)14-18)32(33(45)35(51-26,52-30)34(46)47)50-29(44)12-6-19-3-9-22(38)25(41)15-19/h1-15,26,30-33,36-41,45H,16H2,(H,46,47)/b10-4+,11-5+,12-6+/t26-,30+,31-,32+,33?,35+/m0/s1. The van der Waals surface area contributed by atoms with E-state index in [1.54, 1.807) is 0 Å². The first-order valence-corrected chi connectivity index (χ1v) is 15.1. The van der Waals surface area contributed by atoms with Gasteiger partial charge in [0.15, 0.2) is 52.8 Å². The molecule has 8 N–H and O–H groups in total. The molecule has 3 aromatic rings. The molecule has 0 aliphatic carbocycles. The number of ether oxygens (including phenoxy) is 5. The molecule has 17 heteroatoms. The summed E-state index contributed by atoms with van der Waals surface area (Å²) in [5, 5.41) is 79.0. The molecule has 2 heterocycles. The Morgan fingerprint density at radius 1 is 0.615 bits per heavy atom. The Morgan fingerprint density at radius 3 is 1.46 bits per heavy atom. The summed E-state index contributed by atoms with van der Waals surface area (Å²) in [6, 6.07) is 11.0. The Kier molecular flexibility index (Phi) is 10.7. The Hall–Kier alpha value is -6.56. The van der Waals surface area contributed by atoms with Crippen molar-refractivity contribution in [1.82, 2.24) is 0 Å². The maximum absolute atomic E-state index is 13.0. The van der Waals surface area contributed by atoms with Gasteiger partial charge < -0.3 is 64.5 Å². The molecular weight excluding hydrogens is 692 g/mol. The molecule has 0 saturated carbocycles. The van der Waals surface area contributed by atoms with Gasteiger partial charge in [0, 0.05) is 18.2 Å². The van der Waals surface area contributed by atoms with E-state index in [2.05, 4.69) is 0 Å². The third kappa shape index (κ3) is 8.07. The van der Waals surface area contributed by atoms with Gasteiger partial charge in [-0.25, -0.2) is 19.2 Å². The van der Waals surface area contributed by atoms with Gasteiger partial charge in [0.1, 0.15) is 18.8 Å². The van der Waals surface area contributed by atoms with E-state index in [4.69, 9.17) is 23.7 Å². The third-order valence-corrected chi connectivity index (χ3v) is 7.78. The van der Waals surface area contributed by atoms with Crippen LogP contribution in [0.2, 0.25) is 0 Å². The van der Waals surface area contributed by atoms with Crippen molar-refractivity contribution < 1.29 is 83.7 Å². The van der Waals surface area contributed by atoms with Gasteiger partial charge in [-0.05, 0) is 71.3 Å². The number of esters is 3. The lowest BCUT2D eigenvalue weighted by molar-refractivity contribution is -0.293. The smallest absolute Gasteiger partial charge is 0.367 e. The average molecular weight is 723 g/mol. The summed E-state index contributed by atoms with van der Waals surface area (Å²) in [7, 11) is 0. The number of hydrogen-bond donors (Lipinski definition) is 8. The van der Waals surface area contributed by atoms with Crippen molar-refractivity contribution in [2.45, 2.75) is 36.3 Å². The van der Waals surface area contributed by atoms with Crippen molar-refractivity contribution in [2.24, 2.45) is 0 Å². The van der Waals surface area contributed by atoms with E-state index in [-0.39, 0.29) is 16.9 Å². The minimum atomic E-state index is -2.89. The number of aromatic hydroxyl groups is 6. The lowest BCUT2D eigenvalue weighted by atomic mass is 9.92. The topological polar surface area (TPSA) is 276 Å². The minimum absolute atomic E-state index is 0.233. The molecular formula is C35H30O17. The maximum Gasteiger partial charge on any atom is 0.367 e. The molecule has 3 aromatic carbocycles. The van der Waals surface area contributed by atoms with E-state index in [0.29, 0.717) is 5.56 Å². The third-order valence-electron chi connectivity index (χ3n) is 7.78. The Morgan fingerprint density at radius 2 is 1.04 bits per heavy atom. The van der Waals surface area contributed by atoms with Crippen molar-refractivity contribution >= 4 is 42.1 Å². The molecule has 2 fully saturated rings. The van der Waals surface area contributed by atoms with Crippen LogP contribution in [0.4, 0.5) is 0 Å². The monoisotopic (exact) mass is 722 g/mol. The van der Waals surface area contributed by atoms with Crippen LogP contribution in [-0.4, -0.2) is 108 Å². The number of aliphatic hydroxyl groups excluding tert-OH is 1. The summed E-state index contributed by atoms with van der Waals surface area (Å²) in [6.45, 7) is -0.724. The highest BCUT2D eigenvalue weighted by molar-refractivity contribution is 5.89. The van der Waals surface area contributed by atoms with Gasteiger partial charge in [-0.1, -0.05) is 18.2 Å². The quantitative estimate of drug-likeness (QED) is 0.0605. The predicted molar refractivity (Wildman–Crippen MR) is 173 cm³/mol. The highest BCUT2D eigenvalue weighted by Gasteiger charge is 2.70. The number of benzene rings is 3. The van der Waals surface area contributed by atoms with E-state index in [9.17, 15) is 60.0 Å². The second kappa shape index (κ2) is 15.1. The van der Waals surface area contributed by atoms with Crippen LogP contribution in [0, 0.1) is 0 Å². The molecule has 6 atom stereocenters. The summed E-state index contributed by atoms with van der Waals surface area (Å²) < 4.78 is 27.2. The number of carboxylic acid groups (broad SMARTS) is 1. The maximum atomic E-state index is 13.0. The summed E-state index contributed by atoms with van der Waals surface area (Å²) in [5.41, 5.74) is 0.784. The second-order valence-electron chi connectivity index (χ2n) is 11.3. The van der Waals surface area contributed by atoms with Crippen LogP contribution in [0.15, 0.2) is 72.8 Å². The van der Waals surface area contributed by atoms with E-state index in [0.717, 1.165) is 54.6 Å². The van der Waals surface area contributed by atoms with Gasteiger partial charge in [-0.2, -0.15) is 0 Å². The fraction of sp³-hybridized carbons (Fsp3) is 0.200. The normalized spacial score (nSPS) is 23.9. The first kappa shape index (κ1) is 36.7. The number of carboxylic acids is 1. The van der Waals surface area contributed by atoms with Crippen LogP contribution in [0.1, 0.15) is 16.7 Å². The van der Waals surface area contributed by atoms with Crippen LogP contribution in [-0.2, 0) is 42.9 Å². The van der Waals surface area contributed by atoms with E-state index >= 15 is 0 Å². The molecule has 0 spiro atoms. The van der Waals surface area contributed by atoms with Crippen LogP contribution < -0.4 is 0 Å². The van der Waals surface area contributed by atoms with Gasteiger partial charge in [-0.3, -0.25) is 0 Å². The number of carbonyl (C=O) groups excluding carboxylic acids is 3. The van der Waals surface area contributed by atoms with Crippen molar-refractivity contribution in [1.29, 1.82) is 0 Å². The number of hydrogen-bond acceptors (Lipinski definition) is 16. The Labute approximate surface area is 292 Å². The van der Waals surface area contributed by atoms with Crippen LogP contribution in [0.5, 0.6) is 34.5 Å². The van der Waals surface area contributed by atoms with Crippen molar-refractivity contribution in [2.75, 3.05) is 6.61 Å². The summed E-state index contributed by atoms with van der Waals surface area (Å²) in [5.74, 6) is -10.7. The largest absolute Gasteiger partial charge is 0.504 e. The second-order valence-corrected chi connectivity index (χ2v) is 11.3. The molecule has 272 valence electrons. The number of carbonyl (C=O) groups is 4. The molecule has 2 bridgehead atoms. The predicted octanol–water partition coefficient (Wildman–Crippen LogP) is 1.67. The molecule has 5 rings (SSSR count). The fourth-order valence-electron chi connectivity index (χ4n) is 5.20. The van der Waals surface area contributed by atoms with Crippen molar-refractivity contribution in [3.63, 3.8) is 0 Å². The summed E-state index contributed by atoms with van der Waals surface area (Å²) in [4.78, 5) is 51.0. The lowest BCUT2D eigenvalue weighted by Crippen LogP contribution is -2.65. The molecule has 0 radical (unpaired) electrons. The number of aliphatic hydroxyl groups is 1. The molecule has 0 amide bonds. The zero-order valence-corrected chi connectivity index (χ0v) is 26.5. The van der Waals surface area contributed by atoms with Crippen LogP contribution >= 0.6 is 0 Å². The number of phenols is 6. The van der Waals surface area contributed by atoms with Crippen molar-refractivity contribution in [3.8, 4) is 34.5 Å². The Balaban J connectivity index is 1.39. The zero-order valence-electron chi connectivity index (χ0n) is 26.5. The zero-order chi connectivity index (χ0) is 37.7. The first-order valence-electron chi connectivity index (χ1n) is 15.1. The van der Waals surface area contributed by atoms with Gasteiger partial charge in [0.05, 0.1) is 0 Å². The van der Waals surface area contributed by atoms with E-state index < -0.39 is 95.5 Å². The highest BCUT2D eigenvalue weighted by Crippen LogP contribution is 2.43. The van der Waals surface area contributed by atoms with E-state index in [1.807, 2.05) is 0 Å². The molecule has 2 saturated heterocycles. The van der Waals surface area contributed by atoms with Crippen molar-refractivity contribution in [3.05, 3.63) is 89.5 Å². The number of rotatable bonds is 11. The van der Waals surface area contributed by atoms with Gasteiger partial charge >= 0.3 is 29.7 Å². The molecule has 17 nitrogen and oxygen atoms in total. The van der Waals surface area contributed by atoms with E-state index in [1.165, 1.54) is 36.4 Å². The minimum Gasteiger partial charge on any atom is -0.504 e. The lowest BCUT2D eigenvalue weighted by Gasteiger charge is -2.41. The SMILES string of the molecule is O=C(/C=C/c1ccc(O)c(O)c1)OC[C@@H]1O[C@@]2(C(=O)O)O[C@H]1[C@H](OC(=O)/C=C/c1ccc(O)c(O)c1)[C@@H](OC(=O)/C=C/c1ccc(O)c(O)c1)C2O. The Bertz CT molecular complexity index is 1960. The average Bonchev–Trinajstić information content (AvgIpc) is 3.47. The van der Waals surface area contributed by atoms with Gasteiger partial charge in [0.25, 0.3) is 0 Å². The molecule has 2 aliphatic heterocycles. The fourth-order valence-corrected chi connectivity index (χ4v) is 5.20. The summed E-state index contributed by atoms with van der Waals surface area (Å²) in [6.07, 6.45) is -2.98. The van der Waals surface area contributed by atoms with Gasteiger partial charge in [0.2, 0.25) is 0 Å². The highest BCUT2D eigenvalue weighted by atomic mass is 16.8. The number of phenolic OH excluding ortho intramolecular Hbond substituents is 6. The molecule has 1 unspecified atom stereocenters. The number of fused-ring (bicyclic) bond motifs is 2. The molecule has 52 heavy (non-hydrogen) atoms. The first-order chi connectivity index (χ1) is 24.7. The van der Waals surface area contributed by atoms with Gasteiger partial charge in [-0.15, -0.1) is 0 Å². The molecule has 2 aliphatic rings. The van der Waals surface area contributed by atoms with Crippen LogP contribution in [0.25, 0.3) is 18.2 Å². The number of aliphatic carboxylic acids is 1. The molecule has 0 aromatic heterocycles. The summed E-state index contributed by atoms with van der Waals surface area (Å²) >= 11 is 0.